The molecule has 0 aliphatic carbocycles. The van der Waals surface area contributed by atoms with Gasteiger partial charge in [-0.1, -0.05) is 34.8 Å². The van der Waals surface area contributed by atoms with Crippen molar-refractivity contribution in [1.29, 1.82) is 0 Å². The first-order valence-electron chi connectivity index (χ1n) is 6.89. The third-order valence-corrected chi connectivity index (χ3v) is 3.80. The summed E-state index contributed by atoms with van der Waals surface area (Å²) in [6.07, 6.45) is 0. The van der Waals surface area contributed by atoms with Gasteiger partial charge in [0, 0.05) is 5.02 Å². The molecule has 134 valence electrons. The maximum absolute atomic E-state index is 12.1. The molecule has 0 saturated heterocycles. The lowest BCUT2D eigenvalue weighted by molar-refractivity contribution is 0.0922. The zero-order valence-electron chi connectivity index (χ0n) is 12.8. The van der Waals surface area contributed by atoms with E-state index in [1.165, 1.54) is 12.1 Å². The Morgan fingerprint density at radius 2 is 1.84 bits per heavy atom. The fourth-order valence-corrected chi connectivity index (χ4v) is 2.81. The smallest absolute Gasteiger partial charge is 0.326 e. The number of amides is 1. The minimum atomic E-state index is -0.850. The Hall–Kier alpha value is -2.16. The van der Waals surface area contributed by atoms with E-state index in [0.29, 0.717) is 5.02 Å². The number of hydrogen-bond donors (Lipinski definition) is 4. The summed E-state index contributed by atoms with van der Waals surface area (Å²) in [5.41, 5.74) is 3.08. The van der Waals surface area contributed by atoms with Crippen LogP contribution in [0, 0.1) is 0 Å². The SMILES string of the molecule is CC(COc1c(Cl)cc(Cl)cc1Cl)NC(=O)c1[nH]c(=O)[nH]c(=O)c1N. The Bertz CT molecular complexity index is 902. The van der Waals surface area contributed by atoms with Crippen LogP contribution < -0.4 is 27.0 Å². The topological polar surface area (TPSA) is 130 Å². The molecule has 0 radical (unpaired) electrons. The lowest BCUT2D eigenvalue weighted by atomic mass is 10.3. The van der Waals surface area contributed by atoms with E-state index in [1.807, 2.05) is 4.98 Å². The van der Waals surface area contributed by atoms with Crippen LogP contribution in [-0.4, -0.2) is 28.5 Å². The van der Waals surface area contributed by atoms with Crippen molar-refractivity contribution >= 4 is 46.4 Å². The molecule has 0 saturated carbocycles. The number of halogens is 3. The zero-order chi connectivity index (χ0) is 18.7. The fraction of sp³-hybridized carbons (Fsp3) is 0.214. The van der Waals surface area contributed by atoms with Crippen LogP contribution in [-0.2, 0) is 0 Å². The number of aromatic nitrogens is 2. The number of carbonyl (C=O) groups is 1. The molecule has 2 aromatic rings. The molecule has 1 heterocycles. The van der Waals surface area contributed by atoms with Crippen molar-refractivity contribution in [2.45, 2.75) is 13.0 Å². The quantitative estimate of drug-likeness (QED) is 0.600. The minimum absolute atomic E-state index is 0.0140. The monoisotopic (exact) mass is 406 g/mol. The molecule has 2 rings (SSSR count). The Kier molecular flexibility index (Phi) is 5.99. The van der Waals surface area contributed by atoms with Gasteiger partial charge in [-0.25, -0.2) is 4.79 Å². The largest absolute Gasteiger partial charge is 0.488 e. The molecule has 1 unspecified atom stereocenters. The van der Waals surface area contributed by atoms with E-state index in [9.17, 15) is 14.4 Å². The molecule has 1 atom stereocenters. The second-order valence-corrected chi connectivity index (χ2v) is 6.33. The highest BCUT2D eigenvalue weighted by Gasteiger charge is 2.17. The highest BCUT2D eigenvalue weighted by atomic mass is 35.5. The number of nitrogens with two attached hydrogens (primary N) is 1. The normalized spacial score (nSPS) is 11.8. The van der Waals surface area contributed by atoms with Crippen LogP contribution in [0.3, 0.4) is 0 Å². The number of aromatic amines is 2. The van der Waals surface area contributed by atoms with Gasteiger partial charge in [-0.15, -0.1) is 0 Å². The predicted octanol–water partition coefficient (Wildman–Crippen LogP) is 1.80. The molecule has 0 fully saturated rings. The molecular weight excluding hydrogens is 395 g/mol. The number of benzene rings is 1. The molecular formula is C14H13Cl3N4O4. The van der Waals surface area contributed by atoms with Crippen LogP contribution in [0.5, 0.6) is 5.75 Å². The van der Waals surface area contributed by atoms with Gasteiger partial charge in [0.05, 0.1) is 16.1 Å². The summed E-state index contributed by atoms with van der Waals surface area (Å²) in [6, 6.07) is 2.42. The van der Waals surface area contributed by atoms with Crippen LogP contribution in [0.25, 0.3) is 0 Å². The molecule has 1 aromatic heterocycles. The average molecular weight is 408 g/mol. The van der Waals surface area contributed by atoms with Gasteiger partial charge >= 0.3 is 5.69 Å². The van der Waals surface area contributed by atoms with E-state index < -0.39 is 28.9 Å². The van der Waals surface area contributed by atoms with E-state index in [1.54, 1.807) is 6.92 Å². The van der Waals surface area contributed by atoms with Gasteiger partial charge in [-0.05, 0) is 19.1 Å². The summed E-state index contributed by atoms with van der Waals surface area (Å²) in [4.78, 5) is 38.9. The van der Waals surface area contributed by atoms with Crippen LogP contribution in [0.2, 0.25) is 15.1 Å². The van der Waals surface area contributed by atoms with Gasteiger partial charge in [0.25, 0.3) is 11.5 Å². The van der Waals surface area contributed by atoms with E-state index >= 15 is 0 Å². The summed E-state index contributed by atoms with van der Waals surface area (Å²) in [6.45, 7) is 1.65. The van der Waals surface area contributed by atoms with Crippen molar-refractivity contribution in [2.75, 3.05) is 12.3 Å². The van der Waals surface area contributed by atoms with Gasteiger partial charge in [0.2, 0.25) is 0 Å². The Balaban J connectivity index is 2.06. The summed E-state index contributed by atoms with van der Waals surface area (Å²) >= 11 is 17.8. The van der Waals surface area contributed by atoms with Crippen LogP contribution in [0.15, 0.2) is 21.7 Å². The van der Waals surface area contributed by atoms with Crippen LogP contribution >= 0.6 is 34.8 Å². The molecule has 5 N–H and O–H groups in total. The van der Waals surface area contributed by atoms with Gasteiger partial charge < -0.3 is 20.8 Å². The second kappa shape index (κ2) is 7.81. The summed E-state index contributed by atoms with van der Waals surface area (Å²) in [5.74, 6) is -0.511. The maximum atomic E-state index is 12.1. The van der Waals surface area contributed by atoms with E-state index in [2.05, 4.69) is 10.3 Å². The van der Waals surface area contributed by atoms with Crippen molar-refractivity contribution < 1.29 is 9.53 Å². The van der Waals surface area contributed by atoms with E-state index in [-0.39, 0.29) is 28.1 Å². The first-order valence-corrected chi connectivity index (χ1v) is 8.02. The third kappa shape index (κ3) is 4.68. The van der Waals surface area contributed by atoms with E-state index in [0.717, 1.165) is 0 Å². The third-order valence-electron chi connectivity index (χ3n) is 3.02. The molecule has 0 aliphatic rings. The summed E-state index contributed by atoms with van der Waals surface area (Å²) < 4.78 is 5.49. The van der Waals surface area contributed by atoms with Gasteiger partial charge in [-0.3, -0.25) is 14.6 Å². The molecule has 11 heteroatoms. The number of anilines is 1. The predicted molar refractivity (Wildman–Crippen MR) is 96.0 cm³/mol. The van der Waals surface area contributed by atoms with Crippen molar-refractivity contribution in [3.05, 3.63) is 53.7 Å². The Labute approximate surface area is 156 Å². The van der Waals surface area contributed by atoms with Crippen molar-refractivity contribution in [2.24, 2.45) is 0 Å². The lowest BCUT2D eigenvalue weighted by Gasteiger charge is -2.17. The standard InChI is InChI=1S/C14H13Cl3N4O4/c1-5(4-25-11-7(16)2-6(15)3-8(11)17)19-13(23)10-9(18)12(22)21-14(24)20-10/h2-3,5H,4,18H2,1H3,(H,19,23)(H2,20,21,22,24). The number of H-pyrrole nitrogens is 2. The van der Waals surface area contributed by atoms with Crippen molar-refractivity contribution in [3.8, 4) is 5.75 Å². The zero-order valence-corrected chi connectivity index (χ0v) is 15.1. The van der Waals surface area contributed by atoms with Crippen LogP contribution in [0.1, 0.15) is 17.4 Å². The number of rotatable bonds is 5. The molecule has 25 heavy (non-hydrogen) atoms. The number of carbonyl (C=O) groups excluding carboxylic acids is 1. The maximum Gasteiger partial charge on any atom is 0.326 e. The first kappa shape index (κ1) is 19.2. The highest BCUT2D eigenvalue weighted by Crippen LogP contribution is 2.35. The minimum Gasteiger partial charge on any atom is -0.488 e. The van der Waals surface area contributed by atoms with Gasteiger partial charge in [0.1, 0.15) is 18.0 Å². The Morgan fingerprint density at radius 3 is 2.44 bits per heavy atom. The molecule has 1 aromatic carbocycles. The van der Waals surface area contributed by atoms with Gasteiger partial charge in [0.15, 0.2) is 5.75 Å². The van der Waals surface area contributed by atoms with Crippen molar-refractivity contribution in [3.63, 3.8) is 0 Å². The molecule has 8 nitrogen and oxygen atoms in total. The molecule has 0 bridgehead atoms. The summed E-state index contributed by atoms with van der Waals surface area (Å²) in [5, 5.41) is 3.33. The van der Waals surface area contributed by atoms with E-state index in [4.69, 9.17) is 45.3 Å². The number of nitrogen functional groups attached to an aromatic ring is 1. The first-order chi connectivity index (χ1) is 11.7. The molecule has 1 amide bonds. The molecule has 0 spiro atoms. The average Bonchev–Trinajstić information content (AvgIpc) is 2.49. The number of hydrogen-bond acceptors (Lipinski definition) is 5. The second-order valence-electron chi connectivity index (χ2n) is 5.08. The van der Waals surface area contributed by atoms with Crippen LogP contribution in [0.4, 0.5) is 5.69 Å². The summed E-state index contributed by atoms with van der Waals surface area (Å²) in [7, 11) is 0. The lowest BCUT2D eigenvalue weighted by Crippen LogP contribution is -2.40. The number of nitrogens with one attached hydrogen (secondary N) is 3. The Morgan fingerprint density at radius 1 is 1.24 bits per heavy atom. The highest BCUT2D eigenvalue weighted by molar-refractivity contribution is 6.40. The number of ether oxygens (including phenoxy) is 1. The molecule has 0 aliphatic heterocycles. The fourth-order valence-electron chi connectivity index (χ4n) is 1.89. The van der Waals surface area contributed by atoms with Gasteiger partial charge in [-0.2, -0.15) is 0 Å². The van der Waals surface area contributed by atoms with Crippen molar-refractivity contribution in [1.82, 2.24) is 15.3 Å².